The number of aromatic nitrogens is 1. The molecule has 1 unspecified atom stereocenters. The quantitative estimate of drug-likeness (QED) is 0.729. The molecule has 1 aromatic carbocycles. The lowest BCUT2D eigenvalue weighted by Gasteiger charge is -2.16. The van der Waals surface area contributed by atoms with Crippen LogP contribution in [0.1, 0.15) is 20.3 Å². The minimum Gasteiger partial charge on any atom is -0.397 e. The minimum absolute atomic E-state index is 0.0132. The molecule has 2 aromatic rings. The van der Waals surface area contributed by atoms with Gasteiger partial charge in [0.25, 0.3) is 0 Å². The van der Waals surface area contributed by atoms with E-state index in [2.05, 4.69) is 15.6 Å². The van der Waals surface area contributed by atoms with Crippen molar-refractivity contribution in [2.24, 2.45) is 0 Å². The van der Waals surface area contributed by atoms with Gasteiger partial charge in [0.05, 0.1) is 11.2 Å². The van der Waals surface area contributed by atoms with Gasteiger partial charge in [-0.2, -0.15) is 0 Å². The molecule has 0 aliphatic carbocycles. The number of nitrogens with one attached hydrogen (secondary N) is 2. The van der Waals surface area contributed by atoms with Gasteiger partial charge in [-0.05, 0) is 25.5 Å². The van der Waals surface area contributed by atoms with Crippen LogP contribution in [0, 0.1) is 0 Å². The number of pyridine rings is 1. The Balaban J connectivity index is 2.21. The van der Waals surface area contributed by atoms with E-state index >= 15 is 0 Å². The second-order valence-electron chi connectivity index (χ2n) is 4.76. The molecule has 5 nitrogen and oxygen atoms in total. The maximum atomic E-state index is 11.9. The first kappa shape index (κ1) is 14.1. The van der Waals surface area contributed by atoms with Gasteiger partial charge in [-0.3, -0.25) is 9.78 Å². The highest BCUT2D eigenvalue weighted by Gasteiger charge is 2.13. The summed E-state index contributed by atoms with van der Waals surface area (Å²) < 4.78 is 0. The Kier molecular flexibility index (Phi) is 4.40. The van der Waals surface area contributed by atoms with Crippen LogP contribution in [0.4, 0.5) is 11.4 Å². The van der Waals surface area contributed by atoms with Crippen molar-refractivity contribution in [1.82, 2.24) is 10.3 Å². The van der Waals surface area contributed by atoms with Crippen LogP contribution < -0.4 is 16.4 Å². The minimum atomic E-state index is -0.311. The van der Waals surface area contributed by atoms with Crippen molar-refractivity contribution in [3.63, 3.8) is 0 Å². The maximum absolute atomic E-state index is 11.9. The van der Waals surface area contributed by atoms with Crippen LogP contribution in [0.3, 0.4) is 0 Å². The number of nitrogens with two attached hydrogens (primary N) is 1. The third-order valence-corrected chi connectivity index (χ3v) is 3.12. The molecule has 4 N–H and O–H groups in total. The second kappa shape index (κ2) is 6.23. The highest BCUT2D eigenvalue weighted by molar-refractivity contribution is 5.98. The van der Waals surface area contributed by atoms with Crippen molar-refractivity contribution >= 4 is 28.2 Å². The number of hydrogen-bond acceptors (Lipinski definition) is 4. The van der Waals surface area contributed by atoms with Crippen LogP contribution in [-0.4, -0.2) is 23.5 Å². The smallest absolute Gasteiger partial charge is 0.242 e. The van der Waals surface area contributed by atoms with Crippen molar-refractivity contribution in [3.05, 3.63) is 30.5 Å². The number of para-hydroxylation sites is 1. The summed E-state index contributed by atoms with van der Waals surface area (Å²) in [6.45, 7) is 4.55. The molecule has 0 bridgehead atoms. The Hall–Kier alpha value is -2.30. The number of carbonyl (C=O) groups is 1. The topological polar surface area (TPSA) is 80.0 Å². The van der Waals surface area contributed by atoms with Gasteiger partial charge >= 0.3 is 0 Å². The van der Waals surface area contributed by atoms with Crippen LogP contribution in [0.2, 0.25) is 0 Å². The van der Waals surface area contributed by atoms with Crippen LogP contribution in [0.15, 0.2) is 30.5 Å². The average molecular weight is 272 g/mol. The number of carbonyl (C=O) groups excluding carboxylic acids is 1. The molecule has 20 heavy (non-hydrogen) atoms. The van der Waals surface area contributed by atoms with Gasteiger partial charge in [-0.1, -0.05) is 19.1 Å². The molecule has 0 fully saturated rings. The number of anilines is 2. The van der Waals surface area contributed by atoms with Gasteiger partial charge in [-0.15, -0.1) is 0 Å². The summed E-state index contributed by atoms with van der Waals surface area (Å²) >= 11 is 0. The summed E-state index contributed by atoms with van der Waals surface area (Å²) in [5.74, 6) is -0.0132. The monoisotopic (exact) mass is 272 g/mol. The molecule has 106 valence electrons. The van der Waals surface area contributed by atoms with Crippen molar-refractivity contribution in [2.45, 2.75) is 26.3 Å². The van der Waals surface area contributed by atoms with E-state index < -0.39 is 0 Å². The first-order valence-corrected chi connectivity index (χ1v) is 6.81. The largest absolute Gasteiger partial charge is 0.397 e. The predicted molar refractivity (Wildman–Crippen MR) is 82.5 cm³/mol. The zero-order valence-corrected chi connectivity index (χ0v) is 11.8. The summed E-state index contributed by atoms with van der Waals surface area (Å²) in [5, 5.41) is 7.00. The highest BCUT2D eigenvalue weighted by atomic mass is 16.2. The third kappa shape index (κ3) is 2.99. The molecule has 5 heteroatoms. The molecule has 0 aliphatic heterocycles. The molecule has 2 rings (SSSR count). The fourth-order valence-electron chi connectivity index (χ4n) is 2.02. The molecule has 0 saturated heterocycles. The van der Waals surface area contributed by atoms with Crippen LogP contribution in [0.5, 0.6) is 0 Å². The van der Waals surface area contributed by atoms with E-state index in [1.807, 2.05) is 38.1 Å². The SMILES string of the molecule is CCCNC(=O)C(C)Nc1ccnc2c(N)cccc12. The van der Waals surface area contributed by atoms with E-state index in [1.54, 1.807) is 6.20 Å². The molecule has 0 spiro atoms. The fourth-order valence-corrected chi connectivity index (χ4v) is 2.02. The van der Waals surface area contributed by atoms with Gasteiger partial charge < -0.3 is 16.4 Å². The third-order valence-electron chi connectivity index (χ3n) is 3.12. The fraction of sp³-hybridized carbons (Fsp3) is 0.333. The van der Waals surface area contributed by atoms with E-state index in [0.717, 1.165) is 23.0 Å². The molecule has 0 aliphatic rings. The zero-order chi connectivity index (χ0) is 14.5. The molecule has 1 aromatic heterocycles. The molecule has 0 radical (unpaired) electrons. The van der Waals surface area contributed by atoms with E-state index in [-0.39, 0.29) is 11.9 Å². The average Bonchev–Trinajstić information content (AvgIpc) is 2.45. The second-order valence-corrected chi connectivity index (χ2v) is 4.76. The predicted octanol–water partition coefficient (Wildman–Crippen LogP) is 2.14. The Labute approximate surface area is 118 Å². The Morgan fingerprint density at radius 3 is 2.95 bits per heavy atom. The molecule has 1 heterocycles. The summed E-state index contributed by atoms with van der Waals surface area (Å²) in [6, 6.07) is 7.18. The summed E-state index contributed by atoms with van der Waals surface area (Å²) in [4.78, 5) is 16.2. The van der Waals surface area contributed by atoms with Gasteiger partial charge in [0, 0.05) is 23.8 Å². The number of amides is 1. The van der Waals surface area contributed by atoms with Crippen molar-refractivity contribution < 1.29 is 4.79 Å². The van der Waals surface area contributed by atoms with Gasteiger partial charge in [0.15, 0.2) is 0 Å². The van der Waals surface area contributed by atoms with E-state index in [9.17, 15) is 4.79 Å². The Bertz CT molecular complexity index is 612. The maximum Gasteiger partial charge on any atom is 0.242 e. The van der Waals surface area contributed by atoms with E-state index in [1.165, 1.54) is 0 Å². The Morgan fingerprint density at radius 2 is 2.20 bits per heavy atom. The van der Waals surface area contributed by atoms with Crippen molar-refractivity contribution in [1.29, 1.82) is 0 Å². The number of hydrogen-bond donors (Lipinski definition) is 3. The van der Waals surface area contributed by atoms with Crippen molar-refractivity contribution in [3.8, 4) is 0 Å². The van der Waals surface area contributed by atoms with Crippen LogP contribution >= 0.6 is 0 Å². The highest BCUT2D eigenvalue weighted by Crippen LogP contribution is 2.25. The van der Waals surface area contributed by atoms with Gasteiger partial charge in [0.2, 0.25) is 5.91 Å². The summed E-state index contributed by atoms with van der Waals surface area (Å²) in [5.41, 5.74) is 8.16. The first-order valence-electron chi connectivity index (χ1n) is 6.81. The molecular formula is C15H20N4O. The lowest BCUT2D eigenvalue weighted by atomic mass is 10.1. The normalized spacial score (nSPS) is 12.1. The lowest BCUT2D eigenvalue weighted by molar-refractivity contribution is -0.121. The van der Waals surface area contributed by atoms with E-state index in [4.69, 9.17) is 5.73 Å². The summed E-state index contributed by atoms with van der Waals surface area (Å²) in [6.07, 6.45) is 2.62. The Morgan fingerprint density at radius 1 is 1.40 bits per heavy atom. The number of rotatable bonds is 5. The first-order chi connectivity index (χ1) is 9.63. The standard InChI is InChI=1S/C15H20N4O/c1-3-8-18-15(20)10(2)19-13-7-9-17-14-11(13)5-4-6-12(14)16/h4-7,9-10H,3,8,16H2,1-2H3,(H,17,19)(H,18,20). The van der Waals surface area contributed by atoms with E-state index in [0.29, 0.717) is 12.2 Å². The van der Waals surface area contributed by atoms with Crippen LogP contribution in [0.25, 0.3) is 10.9 Å². The molecule has 0 saturated carbocycles. The number of fused-ring (bicyclic) bond motifs is 1. The zero-order valence-electron chi connectivity index (χ0n) is 11.8. The number of nitrogen functional groups attached to an aromatic ring is 1. The van der Waals surface area contributed by atoms with Gasteiger partial charge in [-0.25, -0.2) is 0 Å². The number of benzene rings is 1. The molecule has 1 atom stereocenters. The number of nitrogens with zero attached hydrogens (tertiary/aromatic N) is 1. The summed E-state index contributed by atoms with van der Waals surface area (Å²) in [7, 11) is 0. The van der Waals surface area contributed by atoms with Crippen molar-refractivity contribution in [2.75, 3.05) is 17.6 Å². The van der Waals surface area contributed by atoms with Gasteiger partial charge in [0.1, 0.15) is 6.04 Å². The molecule has 1 amide bonds. The molecular weight excluding hydrogens is 252 g/mol. The van der Waals surface area contributed by atoms with Crippen LogP contribution in [-0.2, 0) is 4.79 Å². The lowest BCUT2D eigenvalue weighted by Crippen LogP contribution is -2.37.